The minimum atomic E-state index is -0.361. The molecule has 0 atom stereocenters. The highest BCUT2D eigenvalue weighted by atomic mass is 16.3. The highest BCUT2D eigenvalue weighted by molar-refractivity contribution is 5.49. The zero-order valence-corrected chi connectivity index (χ0v) is 4.82. The number of imidazole rings is 1. The van der Waals surface area contributed by atoms with Gasteiger partial charge in [-0.15, -0.1) is 0 Å². The minimum absolute atomic E-state index is 0.361. The van der Waals surface area contributed by atoms with Crippen LogP contribution in [0.4, 0.5) is 0 Å². The van der Waals surface area contributed by atoms with E-state index < -0.39 is 0 Å². The van der Waals surface area contributed by atoms with E-state index in [-0.39, 0.29) is 6.61 Å². The molecule has 50 valence electrons. The van der Waals surface area contributed by atoms with Crippen LogP contribution in [-0.4, -0.2) is 28.0 Å². The van der Waals surface area contributed by atoms with Gasteiger partial charge in [-0.2, -0.15) is 0 Å². The lowest BCUT2D eigenvalue weighted by atomic mass is 10.9. The Labute approximate surface area is 52.6 Å². The third kappa shape index (κ3) is 6.84. The largest absolute Gasteiger partial charge is 0.389 e. The molecule has 9 heavy (non-hydrogen) atoms. The maximum Gasteiger partial charge on any atom is 0.145 e. The van der Waals surface area contributed by atoms with Gasteiger partial charge >= 0.3 is 0 Å². The second kappa shape index (κ2) is 6.84. The van der Waals surface area contributed by atoms with Crippen molar-refractivity contribution in [2.24, 2.45) is 0 Å². The molecule has 1 aromatic heterocycles. The predicted molar refractivity (Wildman–Crippen MR) is 31.7 cm³/mol. The van der Waals surface area contributed by atoms with Crippen LogP contribution in [0, 0.1) is 0 Å². The Balaban J connectivity index is 0.000000148. The second-order valence-electron chi connectivity index (χ2n) is 1.11. The van der Waals surface area contributed by atoms with Crippen LogP contribution in [0.5, 0.6) is 0 Å². The molecule has 1 aromatic rings. The molecule has 0 fully saturated rings. The van der Waals surface area contributed by atoms with Gasteiger partial charge in [-0.3, -0.25) is 0 Å². The molecule has 0 saturated carbocycles. The number of nitrogens with one attached hydrogen (secondary N) is 1. The van der Waals surface area contributed by atoms with Gasteiger partial charge in [0, 0.05) is 12.4 Å². The van der Waals surface area contributed by atoms with E-state index >= 15 is 0 Å². The molecule has 0 unspecified atom stereocenters. The molecular formula is C5H8N2O2. The molecule has 0 radical (unpaired) electrons. The van der Waals surface area contributed by atoms with E-state index in [4.69, 9.17) is 9.90 Å². The first-order valence-corrected chi connectivity index (χ1v) is 2.39. The van der Waals surface area contributed by atoms with Gasteiger partial charge in [0.2, 0.25) is 0 Å². The van der Waals surface area contributed by atoms with Crippen LogP contribution in [0.3, 0.4) is 0 Å². The van der Waals surface area contributed by atoms with Crippen LogP contribution in [0.15, 0.2) is 18.7 Å². The fourth-order valence-corrected chi connectivity index (χ4v) is 0.215. The van der Waals surface area contributed by atoms with Gasteiger partial charge < -0.3 is 14.9 Å². The lowest BCUT2D eigenvalue weighted by Crippen LogP contribution is -1.75. The number of hydrogen-bond donors (Lipinski definition) is 2. The summed E-state index contributed by atoms with van der Waals surface area (Å²) in [6.07, 6.45) is 5.51. The Morgan fingerprint density at radius 1 is 1.78 bits per heavy atom. The highest BCUT2D eigenvalue weighted by Crippen LogP contribution is 1.62. The van der Waals surface area contributed by atoms with Crippen molar-refractivity contribution >= 4 is 6.29 Å². The quantitative estimate of drug-likeness (QED) is 0.505. The Morgan fingerprint density at radius 3 is 2.56 bits per heavy atom. The van der Waals surface area contributed by atoms with Crippen molar-refractivity contribution in [1.82, 2.24) is 9.97 Å². The number of aliphatic hydroxyl groups is 1. The van der Waals surface area contributed by atoms with Crippen molar-refractivity contribution in [3.63, 3.8) is 0 Å². The number of hydrogen-bond acceptors (Lipinski definition) is 3. The third-order valence-corrected chi connectivity index (χ3v) is 0.480. The van der Waals surface area contributed by atoms with E-state index in [1.165, 1.54) is 0 Å². The summed E-state index contributed by atoms with van der Waals surface area (Å²) in [6.45, 7) is -0.361. The van der Waals surface area contributed by atoms with E-state index in [9.17, 15) is 0 Å². The van der Waals surface area contributed by atoms with E-state index in [1.807, 2.05) is 0 Å². The van der Waals surface area contributed by atoms with Crippen molar-refractivity contribution < 1.29 is 9.90 Å². The summed E-state index contributed by atoms with van der Waals surface area (Å²) in [6, 6.07) is 0. The molecule has 2 N–H and O–H groups in total. The van der Waals surface area contributed by atoms with Crippen molar-refractivity contribution in [1.29, 1.82) is 0 Å². The monoisotopic (exact) mass is 128 g/mol. The lowest BCUT2D eigenvalue weighted by molar-refractivity contribution is -0.110. The van der Waals surface area contributed by atoms with Gasteiger partial charge in [0.15, 0.2) is 0 Å². The molecule has 4 nitrogen and oxygen atoms in total. The second-order valence-corrected chi connectivity index (χ2v) is 1.11. The Hall–Kier alpha value is -1.16. The first-order valence-electron chi connectivity index (χ1n) is 2.39. The number of rotatable bonds is 1. The maximum atomic E-state index is 8.92. The fourth-order valence-electron chi connectivity index (χ4n) is 0.215. The van der Waals surface area contributed by atoms with E-state index in [0.29, 0.717) is 6.29 Å². The topological polar surface area (TPSA) is 66.0 Å². The Kier molecular flexibility index (Phi) is 5.96. The highest BCUT2D eigenvalue weighted by Gasteiger charge is 1.56. The van der Waals surface area contributed by atoms with E-state index in [0.717, 1.165) is 0 Å². The van der Waals surface area contributed by atoms with Crippen molar-refractivity contribution in [2.45, 2.75) is 0 Å². The fraction of sp³-hybridized carbons (Fsp3) is 0.200. The molecule has 0 aliphatic rings. The normalized spacial score (nSPS) is 7.22. The number of nitrogens with zero attached hydrogens (tertiary/aromatic N) is 1. The summed E-state index contributed by atoms with van der Waals surface area (Å²) in [7, 11) is 0. The average molecular weight is 128 g/mol. The maximum absolute atomic E-state index is 8.92. The summed E-state index contributed by atoms with van der Waals surface area (Å²) in [5.41, 5.74) is 0. The molecule has 1 rings (SSSR count). The Morgan fingerprint density at radius 2 is 2.44 bits per heavy atom. The molecule has 1 heterocycles. The molecule has 0 aliphatic heterocycles. The van der Waals surface area contributed by atoms with E-state index in [2.05, 4.69) is 9.97 Å². The van der Waals surface area contributed by atoms with Crippen LogP contribution in [0.25, 0.3) is 0 Å². The van der Waals surface area contributed by atoms with Crippen LogP contribution < -0.4 is 0 Å². The van der Waals surface area contributed by atoms with Gasteiger partial charge in [-0.1, -0.05) is 0 Å². The zero-order valence-electron chi connectivity index (χ0n) is 4.82. The first kappa shape index (κ1) is 7.84. The molecular weight excluding hydrogens is 120 g/mol. The summed E-state index contributed by atoms with van der Waals surface area (Å²) in [4.78, 5) is 15.3. The number of aldehydes is 1. The molecule has 0 aromatic carbocycles. The molecule has 4 heteroatoms. The summed E-state index contributed by atoms with van der Waals surface area (Å²) >= 11 is 0. The standard InChI is InChI=1S/C3H4N2.C2H4O2/c1-2-5-3-4-1;3-1-2-4/h1-3H,(H,4,5);1,4H,2H2. The van der Waals surface area contributed by atoms with Crippen LogP contribution >= 0.6 is 0 Å². The number of aliphatic hydroxyl groups excluding tert-OH is 1. The molecule has 0 saturated heterocycles. The summed E-state index contributed by atoms with van der Waals surface area (Å²) in [5.74, 6) is 0. The average Bonchev–Trinajstić information content (AvgIpc) is 2.43. The number of aromatic nitrogens is 2. The van der Waals surface area contributed by atoms with E-state index in [1.54, 1.807) is 18.7 Å². The van der Waals surface area contributed by atoms with Crippen LogP contribution in [0.1, 0.15) is 0 Å². The predicted octanol–water partition coefficient (Wildman–Crippen LogP) is -0.413. The first-order chi connectivity index (χ1) is 4.41. The van der Waals surface area contributed by atoms with Gasteiger partial charge in [0.05, 0.1) is 12.9 Å². The Bertz CT molecular complexity index is 110. The zero-order chi connectivity index (χ0) is 6.95. The molecule has 0 amide bonds. The number of carbonyl (C=O) groups excluding carboxylic acids is 1. The van der Waals surface area contributed by atoms with Gasteiger partial charge in [-0.25, -0.2) is 4.98 Å². The van der Waals surface area contributed by atoms with Crippen LogP contribution in [0.2, 0.25) is 0 Å². The number of aromatic amines is 1. The van der Waals surface area contributed by atoms with Crippen molar-refractivity contribution in [3.8, 4) is 0 Å². The number of carbonyl (C=O) groups is 1. The van der Waals surface area contributed by atoms with Crippen LogP contribution in [-0.2, 0) is 4.79 Å². The van der Waals surface area contributed by atoms with Crippen molar-refractivity contribution in [2.75, 3.05) is 6.61 Å². The van der Waals surface area contributed by atoms with Crippen molar-refractivity contribution in [3.05, 3.63) is 18.7 Å². The number of H-pyrrole nitrogens is 1. The third-order valence-electron chi connectivity index (χ3n) is 0.480. The van der Waals surface area contributed by atoms with Gasteiger partial charge in [0.25, 0.3) is 0 Å². The van der Waals surface area contributed by atoms with Gasteiger partial charge in [-0.05, 0) is 0 Å². The molecule has 0 aliphatic carbocycles. The molecule has 0 spiro atoms. The SMILES string of the molecule is O=CCO.c1c[nH]cn1. The molecule has 0 bridgehead atoms. The summed E-state index contributed by atoms with van der Waals surface area (Å²) < 4.78 is 0. The minimum Gasteiger partial charge on any atom is -0.389 e. The lowest BCUT2D eigenvalue weighted by Gasteiger charge is -1.54. The van der Waals surface area contributed by atoms with Gasteiger partial charge in [0.1, 0.15) is 6.29 Å². The summed E-state index contributed by atoms with van der Waals surface area (Å²) in [5, 5.41) is 7.51. The smallest absolute Gasteiger partial charge is 0.145 e.